The van der Waals surface area contributed by atoms with Crippen LogP contribution >= 0.6 is 0 Å². The average Bonchev–Trinajstić information content (AvgIpc) is 3.05. The minimum atomic E-state index is -0.172. The van der Waals surface area contributed by atoms with Gasteiger partial charge in [-0.2, -0.15) is 0 Å². The Morgan fingerprint density at radius 1 is 0.860 bits per heavy atom. The molecule has 0 spiro atoms. The largest absolute Gasteiger partial charge is 0.497 e. The maximum atomic E-state index is 13.2. The van der Waals surface area contributed by atoms with Gasteiger partial charge in [0.15, 0.2) is 5.78 Å². The van der Waals surface area contributed by atoms with E-state index in [0.29, 0.717) is 48.5 Å². The second kappa shape index (κ2) is 13.8. The molecule has 1 aromatic heterocycles. The van der Waals surface area contributed by atoms with E-state index >= 15 is 0 Å². The minimum absolute atomic E-state index is 0.0991. The Morgan fingerprint density at radius 3 is 2.05 bits per heavy atom. The highest BCUT2D eigenvalue weighted by atomic mass is 16.5. The molecular formula is C34H40N4O5. The van der Waals surface area contributed by atoms with E-state index in [1.165, 1.54) is 11.8 Å². The summed E-state index contributed by atoms with van der Waals surface area (Å²) in [5, 5.41) is 3.17. The number of aryl methyl sites for hydroxylation is 1. The molecule has 0 atom stereocenters. The summed E-state index contributed by atoms with van der Waals surface area (Å²) in [5.74, 6) is 1.22. The number of carbonyl (C=O) groups is 3. The number of rotatable bonds is 9. The third kappa shape index (κ3) is 7.40. The van der Waals surface area contributed by atoms with Crippen LogP contribution in [0.2, 0.25) is 0 Å². The molecule has 0 unspecified atom stereocenters. The van der Waals surface area contributed by atoms with Crippen molar-refractivity contribution in [3.8, 4) is 11.5 Å². The highest BCUT2D eigenvalue weighted by Gasteiger charge is 2.29. The standard InChI is InChI=1S/C34H40N4O5/c1-23-20-31(34(41)38-18-12-26(13-19-38)32(39)25-6-10-29(43-3)11-7-25)35-21-30(23)33(40)36-27-14-16-37(17-15-27)22-24-4-8-28(42-2)9-5-24/h4-11,20-21,26-27H,12-19,22H2,1-3H3,(H,36,40). The van der Waals surface area contributed by atoms with Crippen LogP contribution < -0.4 is 14.8 Å². The number of aromatic nitrogens is 1. The van der Waals surface area contributed by atoms with E-state index in [1.54, 1.807) is 49.5 Å². The van der Waals surface area contributed by atoms with Gasteiger partial charge in [0, 0.05) is 56.4 Å². The number of likely N-dealkylation sites (tertiary alicyclic amines) is 2. The first kappa shape index (κ1) is 30.2. The number of nitrogens with one attached hydrogen (secondary N) is 1. The molecule has 9 heteroatoms. The average molecular weight is 585 g/mol. The lowest BCUT2D eigenvalue weighted by atomic mass is 9.88. The van der Waals surface area contributed by atoms with E-state index in [1.807, 2.05) is 19.1 Å². The first-order valence-electron chi connectivity index (χ1n) is 14.9. The van der Waals surface area contributed by atoms with Crippen molar-refractivity contribution in [1.82, 2.24) is 20.1 Å². The Hall–Kier alpha value is -4.24. The summed E-state index contributed by atoms with van der Waals surface area (Å²) < 4.78 is 10.4. The molecule has 2 aliphatic heterocycles. The molecule has 5 rings (SSSR count). The number of benzene rings is 2. The third-order valence-electron chi connectivity index (χ3n) is 8.59. The summed E-state index contributed by atoms with van der Waals surface area (Å²) in [6.45, 7) is 5.51. The Morgan fingerprint density at radius 2 is 1.47 bits per heavy atom. The molecule has 43 heavy (non-hydrogen) atoms. The molecular weight excluding hydrogens is 544 g/mol. The van der Waals surface area contributed by atoms with E-state index in [0.717, 1.165) is 43.8 Å². The number of carbonyl (C=O) groups excluding carboxylic acids is 3. The van der Waals surface area contributed by atoms with Crippen LogP contribution in [0.25, 0.3) is 0 Å². The van der Waals surface area contributed by atoms with Crippen LogP contribution in [-0.4, -0.2) is 78.8 Å². The van der Waals surface area contributed by atoms with Crippen molar-refractivity contribution in [3.05, 3.63) is 88.7 Å². The fraction of sp³-hybridized carbons (Fsp3) is 0.412. The third-order valence-corrected chi connectivity index (χ3v) is 8.59. The predicted octanol–water partition coefficient (Wildman–Crippen LogP) is 4.54. The number of ether oxygens (including phenoxy) is 2. The van der Waals surface area contributed by atoms with E-state index < -0.39 is 0 Å². The summed E-state index contributed by atoms with van der Waals surface area (Å²) >= 11 is 0. The normalized spacial score (nSPS) is 16.5. The number of nitrogens with zero attached hydrogens (tertiary/aromatic N) is 3. The highest BCUT2D eigenvalue weighted by Crippen LogP contribution is 2.24. The summed E-state index contributed by atoms with van der Waals surface area (Å²) in [4.78, 5) is 47.8. The van der Waals surface area contributed by atoms with Gasteiger partial charge in [-0.1, -0.05) is 12.1 Å². The minimum Gasteiger partial charge on any atom is -0.497 e. The van der Waals surface area contributed by atoms with Gasteiger partial charge in [-0.05, 0) is 86.2 Å². The number of hydrogen-bond acceptors (Lipinski definition) is 7. The van der Waals surface area contributed by atoms with Gasteiger partial charge >= 0.3 is 0 Å². The maximum absolute atomic E-state index is 13.2. The molecule has 3 aromatic rings. The van der Waals surface area contributed by atoms with Gasteiger partial charge in [0.1, 0.15) is 17.2 Å². The van der Waals surface area contributed by atoms with Crippen molar-refractivity contribution in [2.75, 3.05) is 40.4 Å². The SMILES string of the molecule is COc1ccc(CN2CCC(NC(=O)c3cnc(C(=O)N4CCC(C(=O)c5ccc(OC)cc5)CC4)cc3C)CC2)cc1. The Kier molecular flexibility index (Phi) is 9.72. The van der Waals surface area contributed by atoms with Crippen LogP contribution in [0, 0.1) is 12.8 Å². The van der Waals surface area contributed by atoms with Crippen molar-refractivity contribution in [3.63, 3.8) is 0 Å². The summed E-state index contributed by atoms with van der Waals surface area (Å²) in [6, 6.07) is 17.1. The van der Waals surface area contributed by atoms with Crippen LogP contribution in [0.15, 0.2) is 60.8 Å². The molecule has 2 fully saturated rings. The van der Waals surface area contributed by atoms with Crippen molar-refractivity contribution >= 4 is 17.6 Å². The molecule has 0 radical (unpaired) electrons. The fourth-order valence-electron chi connectivity index (χ4n) is 5.90. The number of ketones is 1. The summed E-state index contributed by atoms with van der Waals surface area (Å²) in [7, 11) is 3.26. The zero-order chi connectivity index (χ0) is 30.3. The zero-order valence-corrected chi connectivity index (χ0v) is 25.2. The molecule has 2 aromatic carbocycles. The lowest BCUT2D eigenvalue weighted by molar-refractivity contribution is 0.0645. The van der Waals surface area contributed by atoms with Gasteiger partial charge in [-0.3, -0.25) is 24.3 Å². The van der Waals surface area contributed by atoms with E-state index in [-0.39, 0.29) is 29.6 Å². The second-order valence-corrected chi connectivity index (χ2v) is 11.4. The molecule has 1 N–H and O–H groups in total. The van der Waals surface area contributed by atoms with Gasteiger partial charge in [-0.15, -0.1) is 0 Å². The number of pyridine rings is 1. The molecule has 2 aliphatic rings. The molecule has 0 aliphatic carbocycles. The van der Waals surface area contributed by atoms with Crippen LogP contribution in [0.5, 0.6) is 11.5 Å². The van der Waals surface area contributed by atoms with Gasteiger partial charge in [-0.25, -0.2) is 0 Å². The quantitative estimate of drug-likeness (QED) is 0.369. The molecule has 226 valence electrons. The molecule has 3 heterocycles. The lowest BCUT2D eigenvalue weighted by Crippen LogP contribution is -2.44. The van der Waals surface area contributed by atoms with Gasteiger partial charge in [0.2, 0.25) is 0 Å². The van der Waals surface area contributed by atoms with Gasteiger partial charge < -0.3 is 19.7 Å². The van der Waals surface area contributed by atoms with Crippen LogP contribution in [-0.2, 0) is 6.54 Å². The van der Waals surface area contributed by atoms with E-state index in [4.69, 9.17) is 9.47 Å². The molecule has 0 saturated carbocycles. The Labute approximate surface area is 253 Å². The molecule has 0 bridgehead atoms. The van der Waals surface area contributed by atoms with Crippen LogP contribution in [0.1, 0.15) is 68.0 Å². The Bertz CT molecular complexity index is 1420. The number of Topliss-reactive ketones (excluding diaryl/α,β-unsaturated/α-hetero) is 1. The van der Waals surface area contributed by atoms with Crippen molar-refractivity contribution in [2.45, 2.75) is 45.2 Å². The number of amides is 2. The van der Waals surface area contributed by atoms with Crippen LogP contribution in [0.4, 0.5) is 0 Å². The predicted molar refractivity (Wildman–Crippen MR) is 164 cm³/mol. The number of hydrogen-bond donors (Lipinski definition) is 1. The van der Waals surface area contributed by atoms with Crippen molar-refractivity contribution < 1.29 is 23.9 Å². The lowest BCUT2D eigenvalue weighted by Gasteiger charge is -2.32. The fourth-order valence-corrected chi connectivity index (χ4v) is 5.90. The molecule has 2 saturated heterocycles. The zero-order valence-electron chi connectivity index (χ0n) is 25.2. The van der Waals surface area contributed by atoms with Gasteiger partial charge in [0.05, 0.1) is 19.8 Å². The maximum Gasteiger partial charge on any atom is 0.272 e. The Balaban J connectivity index is 1.09. The van der Waals surface area contributed by atoms with E-state index in [9.17, 15) is 14.4 Å². The van der Waals surface area contributed by atoms with Crippen LogP contribution in [0.3, 0.4) is 0 Å². The molecule has 9 nitrogen and oxygen atoms in total. The summed E-state index contributed by atoms with van der Waals surface area (Å²) in [6.07, 6.45) is 4.48. The van der Waals surface area contributed by atoms with Gasteiger partial charge in [0.25, 0.3) is 11.8 Å². The van der Waals surface area contributed by atoms with Crippen molar-refractivity contribution in [2.24, 2.45) is 5.92 Å². The number of methoxy groups -OCH3 is 2. The summed E-state index contributed by atoms with van der Waals surface area (Å²) in [5.41, 5.74) is 3.43. The second-order valence-electron chi connectivity index (χ2n) is 11.4. The first-order chi connectivity index (χ1) is 20.8. The topological polar surface area (TPSA) is 101 Å². The van der Waals surface area contributed by atoms with E-state index in [2.05, 4.69) is 27.3 Å². The smallest absolute Gasteiger partial charge is 0.272 e. The monoisotopic (exact) mass is 584 g/mol. The van der Waals surface area contributed by atoms with Crippen molar-refractivity contribution in [1.29, 1.82) is 0 Å². The number of piperidine rings is 2. The highest BCUT2D eigenvalue weighted by molar-refractivity contribution is 5.99. The molecule has 2 amide bonds. The first-order valence-corrected chi connectivity index (χ1v) is 14.9.